The van der Waals surface area contributed by atoms with Gasteiger partial charge in [0, 0.05) is 0 Å². The lowest BCUT2D eigenvalue weighted by Crippen LogP contribution is -2.45. The van der Waals surface area contributed by atoms with Crippen LogP contribution in [0, 0.1) is 11.8 Å². The van der Waals surface area contributed by atoms with Crippen LogP contribution in [-0.4, -0.2) is 15.3 Å². The summed E-state index contributed by atoms with van der Waals surface area (Å²) in [5, 5.41) is 4.99. The summed E-state index contributed by atoms with van der Waals surface area (Å²) < 4.78 is 0.737. The quantitative estimate of drug-likeness (QED) is 0.765. The molecule has 2 atom stereocenters. The molecule has 0 amide bonds. The number of nitrogens with one attached hydrogen (secondary N) is 1. The third-order valence-corrected chi connectivity index (χ3v) is 5.60. The van der Waals surface area contributed by atoms with Crippen molar-refractivity contribution < 1.29 is 0 Å². The average molecular weight is 219 g/mol. The zero-order chi connectivity index (χ0) is 10.0. The van der Waals surface area contributed by atoms with Crippen molar-refractivity contribution >= 4 is 23.5 Å². The first-order chi connectivity index (χ1) is 6.00. The lowest BCUT2D eigenvalue weighted by molar-refractivity contribution is 0.439. The summed E-state index contributed by atoms with van der Waals surface area (Å²) in [7, 11) is 0. The summed E-state index contributed by atoms with van der Waals surface area (Å²) >= 11 is 4.13. The lowest BCUT2D eigenvalue weighted by atomic mass is 10.2. The van der Waals surface area contributed by atoms with E-state index in [2.05, 4.69) is 63.5 Å². The van der Waals surface area contributed by atoms with Crippen LogP contribution >= 0.6 is 23.5 Å². The Balaban J connectivity index is 2.52. The van der Waals surface area contributed by atoms with Gasteiger partial charge in [-0.25, -0.2) is 0 Å². The maximum absolute atomic E-state index is 3.71. The molecule has 1 saturated heterocycles. The third kappa shape index (κ3) is 3.37. The van der Waals surface area contributed by atoms with E-state index in [0.29, 0.717) is 10.7 Å². The SMILES string of the molecule is CC1SC(C(C)C)NC(C(C)C)S1. The maximum atomic E-state index is 3.71. The molecule has 78 valence electrons. The van der Waals surface area contributed by atoms with E-state index in [-0.39, 0.29) is 0 Å². The molecule has 0 bridgehead atoms. The molecule has 0 aliphatic carbocycles. The van der Waals surface area contributed by atoms with Gasteiger partial charge >= 0.3 is 0 Å². The highest BCUT2D eigenvalue weighted by atomic mass is 32.2. The summed E-state index contributed by atoms with van der Waals surface area (Å²) in [6.45, 7) is 11.5. The predicted octanol–water partition coefficient (Wildman–Crippen LogP) is 3.37. The summed E-state index contributed by atoms with van der Waals surface area (Å²) in [6.07, 6.45) is 0. The van der Waals surface area contributed by atoms with E-state index in [1.165, 1.54) is 0 Å². The van der Waals surface area contributed by atoms with Gasteiger partial charge in [-0.3, -0.25) is 5.32 Å². The van der Waals surface area contributed by atoms with Gasteiger partial charge in [-0.1, -0.05) is 27.7 Å². The van der Waals surface area contributed by atoms with Crippen LogP contribution in [0.2, 0.25) is 0 Å². The molecule has 1 aliphatic heterocycles. The molecule has 1 aliphatic rings. The highest BCUT2D eigenvalue weighted by Gasteiger charge is 2.29. The van der Waals surface area contributed by atoms with Crippen molar-refractivity contribution in [1.29, 1.82) is 0 Å². The standard InChI is InChI=1S/C10H21NS2/c1-6(2)9-11-10(7(3)4)13-8(5)12-9/h6-11H,1-5H3. The zero-order valence-electron chi connectivity index (χ0n) is 9.20. The second kappa shape index (κ2) is 4.94. The molecule has 0 radical (unpaired) electrons. The Morgan fingerprint density at radius 2 is 1.31 bits per heavy atom. The third-order valence-electron chi connectivity index (χ3n) is 2.22. The fourth-order valence-electron chi connectivity index (χ4n) is 1.38. The van der Waals surface area contributed by atoms with Gasteiger partial charge in [0.25, 0.3) is 0 Å². The molecule has 0 aromatic rings. The molecule has 13 heavy (non-hydrogen) atoms. The first-order valence-electron chi connectivity index (χ1n) is 5.07. The second-order valence-corrected chi connectivity index (χ2v) is 7.61. The van der Waals surface area contributed by atoms with Crippen LogP contribution in [0.25, 0.3) is 0 Å². The fourth-order valence-corrected chi connectivity index (χ4v) is 4.35. The van der Waals surface area contributed by atoms with E-state index in [9.17, 15) is 0 Å². The van der Waals surface area contributed by atoms with Crippen LogP contribution < -0.4 is 5.32 Å². The average Bonchev–Trinajstić information content (AvgIpc) is 2.03. The number of hydrogen-bond acceptors (Lipinski definition) is 3. The van der Waals surface area contributed by atoms with Gasteiger partial charge in [-0.2, -0.15) is 0 Å². The highest BCUT2D eigenvalue weighted by Crippen LogP contribution is 2.39. The monoisotopic (exact) mass is 219 g/mol. The van der Waals surface area contributed by atoms with E-state index in [1.54, 1.807) is 0 Å². The van der Waals surface area contributed by atoms with Crippen molar-refractivity contribution in [2.24, 2.45) is 11.8 Å². The van der Waals surface area contributed by atoms with Crippen molar-refractivity contribution in [2.45, 2.75) is 49.9 Å². The van der Waals surface area contributed by atoms with Gasteiger partial charge in [-0.15, -0.1) is 23.5 Å². The molecule has 2 unspecified atom stereocenters. The Labute approximate surface area is 90.8 Å². The Kier molecular flexibility index (Phi) is 4.46. The number of thioether (sulfide) groups is 2. The lowest BCUT2D eigenvalue weighted by Gasteiger charge is -2.37. The van der Waals surface area contributed by atoms with Crippen LogP contribution in [-0.2, 0) is 0 Å². The van der Waals surface area contributed by atoms with Gasteiger partial charge < -0.3 is 0 Å². The van der Waals surface area contributed by atoms with E-state index in [0.717, 1.165) is 16.4 Å². The van der Waals surface area contributed by atoms with Crippen LogP contribution in [0.15, 0.2) is 0 Å². The van der Waals surface area contributed by atoms with E-state index < -0.39 is 0 Å². The summed E-state index contributed by atoms with van der Waals surface area (Å²) in [5.41, 5.74) is 0. The molecule has 3 heteroatoms. The molecule has 1 nitrogen and oxygen atoms in total. The van der Waals surface area contributed by atoms with Crippen molar-refractivity contribution in [1.82, 2.24) is 5.32 Å². The summed E-state index contributed by atoms with van der Waals surface area (Å²) in [5.74, 6) is 1.46. The zero-order valence-corrected chi connectivity index (χ0v) is 10.8. The van der Waals surface area contributed by atoms with Crippen molar-refractivity contribution in [3.05, 3.63) is 0 Å². The molecule has 0 aromatic heterocycles. The molecule has 1 heterocycles. The first-order valence-corrected chi connectivity index (χ1v) is 6.96. The fraction of sp³-hybridized carbons (Fsp3) is 1.00. The van der Waals surface area contributed by atoms with Crippen LogP contribution in [0.5, 0.6) is 0 Å². The predicted molar refractivity (Wildman–Crippen MR) is 65.0 cm³/mol. The molecule has 1 rings (SSSR count). The highest BCUT2D eigenvalue weighted by molar-refractivity contribution is 8.18. The van der Waals surface area contributed by atoms with Gasteiger partial charge in [0.2, 0.25) is 0 Å². The molecule has 0 aromatic carbocycles. The largest absolute Gasteiger partial charge is 0.293 e. The smallest absolute Gasteiger partial charge is 0.0575 e. The summed E-state index contributed by atoms with van der Waals surface area (Å²) in [6, 6.07) is 0. The van der Waals surface area contributed by atoms with Crippen molar-refractivity contribution in [3.8, 4) is 0 Å². The molecule has 0 saturated carbocycles. The normalized spacial score (nSPS) is 35.8. The minimum Gasteiger partial charge on any atom is -0.293 e. The molecule has 1 fully saturated rings. The van der Waals surface area contributed by atoms with Crippen LogP contribution in [0.4, 0.5) is 0 Å². The van der Waals surface area contributed by atoms with Gasteiger partial charge in [-0.05, 0) is 18.8 Å². The van der Waals surface area contributed by atoms with Gasteiger partial charge in [0.1, 0.15) is 0 Å². The van der Waals surface area contributed by atoms with Gasteiger partial charge in [0.05, 0.1) is 15.3 Å². The first kappa shape index (κ1) is 11.7. The number of rotatable bonds is 2. The summed E-state index contributed by atoms with van der Waals surface area (Å²) in [4.78, 5) is 0. The Bertz CT molecular complexity index is 143. The Hall–Kier alpha value is 0.660. The molecular weight excluding hydrogens is 198 g/mol. The van der Waals surface area contributed by atoms with Crippen LogP contribution in [0.3, 0.4) is 0 Å². The second-order valence-electron chi connectivity index (χ2n) is 4.34. The molecular formula is C10H21NS2. The van der Waals surface area contributed by atoms with E-state index >= 15 is 0 Å². The maximum Gasteiger partial charge on any atom is 0.0575 e. The van der Waals surface area contributed by atoms with Crippen molar-refractivity contribution in [3.63, 3.8) is 0 Å². The number of hydrogen-bond donors (Lipinski definition) is 1. The minimum atomic E-state index is 0.642. The Morgan fingerprint density at radius 3 is 1.62 bits per heavy atom. The Morgan fingerprint density at radius 1 is 0.923 bits per heavy atom. The van der Waals surface area contributed by atoms with E-state index in [1.807, 2.05) is 0 Å². The molecule has 1 N–H and O–H groups in total. The topological polar surface area (TPSA) is 12.0 Å². The minimum absolute atomic E-state index is 0.642. The van der Waals surface area contributed by atoms with Crippen LogP contribution in [0.1, 0.15) is 34.6 Å². The van der Waals surface area contributed by atoms with Gasteiger partial charge in [0.15, 0.2) is 0 Å². The van der Waals surface area contributed by atoms with Crippen molar-refractivity contribution in [2.75, 3.05) is 0 Å². The molecule has 0 spiro atoms. The van der Waals surface area contributed by atoms with E-state index in [4.69, 9.17) is 0 Å².